The van der Waals surface area contributed by atoms with Gasteiger partial charge in [0.25, 0.3) is 8.32 Å². The number of unbranched alkanes of at least 4 members (excludes halogenated alkanes) is 6. The molecule has 0 bridgehead atoms. The third-order valence-corrected chi connectivity index (χ3v) is 14.7. The van der Waals surface area contributed by atoms with Gasteiger partial charge in [-0.15, -0.1) is 0 Å². The molecule has 3 aromatic carbocycles. The maximum absolute atomic E-state index is 6.86. The first-order valence-corrected chi connectivity index (χ1v) is 23.4. The van der Waals surface area contributed by atoms with Gasteiger partial charge in [0.05, 0.1) is 99.1 Å². The number of benzene rings is 3. The molecule has 0 fully saturated rings. The van der Waals surface area contributed by atoms with E-state index in [0.29, 0.717) is 106 Å². The van der Waals surface area contributed by atoms with Crippen LogP contribution in [0.15, 0.2) is 84.9 Å². The third-order valence-electron chi connectivity index (χ3n) is 9.68. The zero-order valence-corrected chi connectivity index (χ0v) is 36.7. The van der Waals surface area contributed by atoms with Gasteiger partial charge < -0.3 is 42.3 Å². The third kappa shape index (κ3) is 20.7. The highest BCUT2D eigenvalue weighted by Gasteiger charge is 2.50. The molecule has 0 amide bonds. The molecular weight excluding hydrogens is 737 g/mol. The first-order valence-electron chi connectivity index (χ1n) is 21.5. The molecule has 3 rings (SSSR count). The lowest BCUT2D eigenvalue weighted by atomic mass is 10.0. The average molecular weight is 811 g/mol. The van der Waals surface area contributed by atoms with Crippen LogP contribution >= 0.6 is 0 Å². The van der Waals surface area contributed by atoms with Gasteiger partial charge in [0.2, 0.25) is 0 Å². The Morgan fingerprint density at radius 1 is 0.404 bits per heavy atom. The molecule has 0 N–H and O–H groups in total. The molecule has 3 aromatic rings. The minimum atomic E-state index is -2.54. The normalized spacial score (nSPS) is 12.0. The van der Waals surface area contributed by atoms with Crippen molar-refractivity contribution in [2.24, 2.45) is 0 Å². The van der Waals surface area contributed by atoms with Crippen molar-refractivity contribution in [1.29, 1.82) is 0 Å². The van der Waals surface area contributed by atoms with Gasteiger partial charge in [0.15, 0.2) is 0 Å². The van der Waals surface area contributed by atoms with Crippen molar-refractivity contribution in [3.05, 3.63) is 90.5 Å². The molecule has 0 radical (unpaired) electrons. The van der Waals surface area contributed by atoms with Crippen LogP contribution in [0.3, 0.4) is 0 Å². The molecule has 0 aliphatic heterocycles. The van der Waals surface area contributed by atoms with Crippen LogP contribution < -0.4 is 15.1 Å². The number of ether oxygens (including phenoxy) is 8. The van der Waals surface area contributed by atoms with Crippen molar-refractivity contribution in [2.45, 2.75) is 84.1 Å². The Kier molecular flexibility index (Phi) is 26.8. The van der Waals surface area contributed by atoms with Crippen LogP contribution in [-0.4, -0.2) is 114 Å². The van der Waals surface area contributed by atoms with Crippen LogP contribution in [0.2, 0.25) is 5.04 Å². The maximum atomic E-state index is 6.86. The molecular formula is C47H74O9Si. The second kappa shape index (κ2) is 31.3. The van der Waals surface area contributed by atoms with E-state index in [9.17, 15) is 0 Å². The van der Waals surface area contributed by atoms with E-state index in [1.165, 1.54) is 60.9 Å². The summed E-state index contributed by atoms with van der Waals surface area (Å²) in [5.41, 5.74) is 1.38. The Hall–Kier alpha value is -2.64. The van der Waals surface area contributed by atoms with Gasteiger partial charge in [0.1, 0.15) is 12.4 Å². The summed E-state index contributed by atoms with van der Waals surface area (Å²) in [6.45, 7) is 17.4. The van der Waals surface area contributed by atoms with Gasteiger partial charge in [0, 0.05) is 0 Å². The smallest absolute Gasteiger partial charge is 0.261 e. The van der Waals surface area contributed by atoms with E-state index in [1.54, 1.807) is 0 Å². The van der Waals surface area contributed by atoms with Gasteiger partial charge in [-0.3, -0.25) is 0 Å². The molecule has 0 saturated carbocycles. The van der Waals surface area contributed by atoms with Crippen LogP contribution in [-0.2, 0) is 44.0 Å². The van der Waals surface area contributed by atoms with Crippen molar-refractivity contribution >= 4 is 18.7 Å². The van der Waals surface area contributed by atoms with Crippen LogP contribution in [0.1, 0.15) is 78.2 Å². The summed E-state index contributed by atoms with van der Waals surface area (Å²) in [6, 6.07) is 29.8. The molecule has 0 aliphatic carbocycles. The highest BCUT2D eigenvalue weighted by molar-refractivity contribution is 6.99. The predicted octanol–water partition coefficient (Wildman–Crippen LogP) is 8.05. The van der Waals surface area contributed by atoms with Crippen molar-refractivity contribution in [3.63, 3.8) is 0 Å². The summed E-state index contributed by atoms with van der Waals surface area (Å²) in [6.07, 6.45) is 10.5. The van der Waals surface area contributed by atoms with Gasteiger partial charge >= 0.3 is 0 Å². The van der Waals surface area contributed by atoms with E-state index in [2.05, 4.69) is 113 Å². The van der Waals surface area contributed by atoms with Crippen LogP contribution in [0, 0.1) is 0 Å². The predicted molar refractivity (Wildman–Crippen MR) is 233 cm³/mol. The van der Waals surface area contributed by atoms with Gasteiger partial charge in [-0.05, 0) is 45.9 Å². The SMILES string of the molecule is CCCCCCCCCc1ccc(OCCOCCOCCOCCOCCOCCOCCOCCO[Si](c2ccccc2)(c2ccccc2)C(C)(C)C)cc1. The molecule has 57 heavy (non-hydrogen) atoms. The fourth-order valence-corrected chi connectivity index (χ4v) is 11.2. The Labute approximate surface area is 346 Å². The quantitative estimate of drug-likeness (QED) is 0.0428. The van der Waals surface area contributed by atoms with Crippen molar-refractivity contribution < 1.29 is 42.3 Å². The molecule has 10 heteroatoms. The lowest BCUT2D eigenvalue weighted by Crippen LogP contribution is -2.66. The summed E-state index contributed by atoms with van der Waals surface area (Å²) in [7, 11) is -2.54. The van der Waals surface area contributed by atoms with Gasteiger partial charge in [-0.25, -0.2) is 0 Å². The lowest BCUT2D eigenvalue weighted by Gasteiger charge is -2.43. The summed E-state index contributed by atoms with van der Waals surface area (Å²) in [5.74, 6) is 0.889. The summed E-state index contributed by atoms with van der Waals surface area (Å²) in [4.78, 5) is 0. The van der Waals surface area contributed by atoms with Crippen LogP contribution in [0.4, 0.5) is 0 Å². The summed E-state index contributed by atoms with van der Waals surface area (Å²) >= 11 is 0. The fourth-order valence-electron chi connectivity index (χ4n) is 6.69. The van der Waals surface area contributed by atoms with Crippen molar-refractivity contribution in [1.82, 2.24) is 0 Å². The Morgan fingerprint density at radius 2 is 0.772 bits per heavy atom. The number of hydrogen-bond donors (Lipinski definition) is 0. The van der Waals surface area contributed by atoms with E-state index >= 15 is 0 Å². The largest absolute Gasteiger partial charge is 0.491 e. The standard InChI is InChI=1S/C47H74O9Si/c1-5-6-7-8-9-10-13-18-43-23-25-44(26-24-43)55-41-39-53-37-35-51-33-31-49-29-27-48-28-30-50-32-34-52-36-38-54-40-42-56-57(47(2,3)4,45-19-14-11-15-20-45)46-21-16-12-17-22-46/h11-12,14-17,19-26H,5-10,13,18,27-42H2,1-4H3. The molecule has 0 atom stereocenters. The van der Waals surface area contributed by atoms with E-state index in [4.69, 9.17) is 42.3 Å². The van der Waals surface area contributed by atoms with E-state index < -0.39 is 8.32 Å². The maximum Gasteiger partial charge on any atom is 0.261 e. The minimum absolute atomic E-state index is 0.0537. The molecule has 0 unspecified atom stereocenters. The average Bonchev–Trinajstić information content (AvgIpc) is 3.22. The molecule has 0 heterocycles. The van der Waals surface area contributed by atoms with E-state index in [1.807, 2.05) is 0 Å². The molecule has 0 aliphatic rings. The topological polar surface area (TPSA) is 83.1 Å². The Morgan fingerprint density at radius 3 is 1.18 bits per heavy atom. The highest BCUT2D eigenvalue weighted by Crippen LogP contribution is 2.36. The molecule has 320 valence electrons. The van der Waals surface area contributed by atoms with E-state index in [-0.39, 0.29) is 5.04 Å². The Bertz CT molecular complexity index is 1300. The lowest BCUT2D eigenvalue weighted by molar-refractivity contribution is -0.0219. The van der Waals surface area contributed by atoms with Crippen molar-refractivity contribution in [2.75, 3.05) is 106 Å². The molecule has 9 nitrogen and oxygen atoms in total. The van der Waals surface area contributed by atoms with Crippen molar-refractivity contribution in [3.8, 4) is 5.75 Å². The number of rotatable bonds is 36. The zero-order chi connectivity index (χ0) is 40.5. The summed E-state index contributed by atoms with van der Waals surface area (Å²) in [5, 5.41) is 2.49. The second-order valence-corrected chi connectivity index (χ2v) is 19.5. The van der Waals surface area contributed by atoms with Gasteiger partial charge in [-0.2, -0.15) is 0 Å². The first kappa shape index (κ1) is 48.7. The molecule has 0 aromatic heterocycles. The Balaban J connectivity index is 1.04. The summed E-state index contributed by atoms with van der Waals surface area (Å²) < 4.78 is 52.2. The monoisotopic (exact) mass is 811 g/mol. The van der Waals surface area contributed by atoms with E-state index in [0.717, 1.165) is 12.2 Å². The first-order chi connectivity index (χ1) is 28.0. The number of hydrogen-bond acceptors (Lipinski definition) is 9. The fraction of sp³-hybridized carbons (Fsp3) is 0.617. The second-order valence-electron chi connectivity index (χ2n) is 15.2. The van der Waals surface area contributed by atoms with Crippen LogP contribution in [0.25, 0.3) is 0 Å². The molecule has 0 spiro atoms. The highest BCUT2D eigenvalue weighted by atomic mass is 28.4. The minimum Gasteiger partial charge on any atom is -0.491 e. The molecule has 0 saturated heterocycles. The van der Waals surface area contributed by atoms with Crippen LogP contribution in [0.5, 0.6) is 5.75 Å². The number of aryl methyl sites for hydroxylation is 1. The van der Waals surface area contributed by atoms with Gasteiger partial charge in [-0.1, -0.05) is 139 Å². The zero-order valence-electron chi connectivity index (χ0n) is 35.7.